The molecule has 0 unspecified atom stereocenters. The van der Waals surface area contributed by atoms with Crippen molar-refractivity contribution < 1.29 is 24.2 Å². The molecule has 2 amide bonds. The topological polar surface area (TPSA) is 123 Å². The third-order valence-electron chi connectivity index (χ3n) is 5.92. The van der Waals surface area contributed by atoms with Gasteiger partial charge in [-0.15, -0.1) is 0 Å². The Morgan fingerprint density at radius 3 is 2.29 bits per heavy atom. The van der Waals surface area contributed by atoms with Gasteiger partial charge in [0.25, 0.3) is 5.91 Å². The highest BCUT2D eigenvalue weighted by Crippen LogP contribution is 2.44. The molecule has 1 aliphatic carbocycles. The van der Waals surface area contributed by atoms with Gasteiger partial charge >= 0.3 is 12.1 Å². The summed E-state index contributed by atoms with van der Waals surface area (Å²) in [5.41, 5.74) is 4.60. The van der Waals surface area contributed by atoms with E-state index in [1.54, 1.807) is 0 Å². The summed E-state index contributed by atoms with van der Waals surface area (Å²) >= 11 is 0. The van der Waals surface area contributed by atoms with E-state index in [-0.39, 0.29) is 30.3 Å². The number of amides is 2. The third kappa shape index (κ3) is 4.50. The van der Waals surface area contributed by atoms with Gasteiger partial charge in [0.05, 0.1) is 11.9 Å². The first-order chi connectivity index (χ1) is 16.4. The van der Waals surface area contributed by atoms with E-state index in [9.17, 15) is 19.5 Å². The smallest absolute Gasteiger partial charge is 0.411 e. The van der Waals surface area contributed by atoms with Gasteiger partial charge in [0.1, 0.15) is 18.3 Å². The highest BCUT2D eigenvalue weighted by Gasteiger charge is 2.29. The lowest BCUT2D eigenvalue weighted by Gasteiger charge is -2.16. The van der Waals surface area contributed by atoms with Crippen LogP contribution in [0.15, 0.2) is 54.7 Å². The average molecular weight is 463 g/mol. The van der Waals surface area contributed by atoms with Crippen molar-refractivity contribution in [3.8, 4) is 11.1 Å². The molecule has 0 saturated carbocycles. The molecule has 0 aliphatic heterocycles. The molecule has 2 aromatic carbocycles. The highest BCUT2D eigenvalue weighted by molar-refractivity contribution is 6.02. The van der Waals surface area contributed by atoms with E-state index in [1.807, 2.05) is 43.3 Å². The van der Waals surface area contributed by atoms with Crippen LogP contribution in [0, 0.1) is 0 Å². The van der Waals surface area contributed by atoms with Crippen LogP contribution >= 0.6 is 0 Å². The molecule has 0 saturated heterocycles. The number of carboxylic acids is 1. The Morgan fingerprint density at radius 1 is 1.09 bits per heavy atom. The fourth-order valence-electron chi connectivity index (χ4n) is 4.32. The zero-order valence-corrected chi connectivity index (χ0v) is 18.9. The normalized spacial score (nSPS) is 13.0. The predicted octanol–water partition coefficient (Wildman–Crippen LogP) is 3.76. The number of hydrogen-bond acceptors (Lipinski definition) is 5. The largest absolute Gasteiger partial charge is 0.480 e. The Bertz CT molecular complexity index is 1190. The summed E-state index contributed by atoms with van der Waals surface area (Å²) in [6.07, 6.45) is 1.47. The van der Waals surface area contributed by atoms with Gasteiger partial charge in [-0.2, -0.15) is 5.10 Å². The summed E-state index contributed by atoms with van der Waals surface area (Å²) < 4.78 is 6.81. The maximum absolute atomic E-state index is 12.7. The molecular weight excluding hydrogens is 436 g/mol. The molecule has 0 fully saturated rings. The monoisotopic (exact) mass is 462 g/mol. The minimum absolute atomic E-state index is 0.0378. The molecule has 9 heteroatoms. The van der Waals surface area contributed by atoms with E-state index >= 15 is 0 Å². The Kier molecular flexibility index (Phi) is 6.62. The number of nitrogens with one attached hydrogen (secondary N) is 2. The van der Waals surface area contributed by atoms with Crippen molar-refractivity contribution in [2.45, 2.75) is 31.7 Å². The van der Waals surface area contributed by atoms with Gasteiger partial charge in [-0.1, -0.05) is 61.9 Å². The Balaban J connectivity index is 1.45. The lowest BCUT2D eigenvalue weighted by Crippen LogP contribution is -2.41. The third-order valence-corrected chi connectivity index (χ3v) is 5.92. The van der Waals surface area contributed by atoms with E-state index in [4.69, 9.17) is 4.74 Å². The number of carboxylic acid groups (broad SMARTS) is 1. The summed E-state index contributed by atoms with van der Waals surface area (Å²) in [6, 6.07) is 15.0. The van der Waals surface area contributed by atoms with Gasteiger partial charge in [-0.05, 0) is 28.7 Å². The zero-order chi connectivity index (χ0) is 24.2. The number of carbonyl (C=O) groups is 3. The molecule has 3 aromatic rings. The predicted molar refractivity (Wildman–Crippen MR) is 126 cm³/mol. The van der Waals surface area contributed by atoms with Gasteiger partial charge in [-0.3, -0.25) is 14.8 Å². The number of aryl methyl sites for hydroxylation is 1. The Labute approximate surface area is 196 Å². The number of fused-ring (bicyclic) bond motifs is 3. The van der Waals surface area contributed by atoms with Gasteiger partial charge < -0.3 is 15.2 Å². The van der Waals surface area contributed by atoms with Crippen LogP contribution in [0.4, 0.5) is 10.5 Å². The summed E-state index contributed by atoms with van der Waals surface area (Å²) in [5, 5.41) is 18.4. The van der Waals surface area contributed by atoms with Gasteiger partial charge in [-0.25, -0.2) is 9.59 Å². The van der Waals surface area contributed by atoms with Gasteiger partial charge in [0, 0.05) is 13.0 Å². The van der Waals surface area contributed by atoms with Crippen molar-refractivity contribution in [2.75, 3.05) is 11.9 Å². The van der Waals surface area contributed by atoms with Crippen LogP contribution in [-0.4, -0.2) is 45.5 Å². The second kappa shape index (κ2) is 9.78. The highest BCUT2D eigenvalue weighted by atomic mass is 16.5. The first kappa shape index (κ1) is 23.0. The number of aliphatic carboxylic acids is 1. The van der Waals surface area contributed by atoms with E-state index in [1.165, 1.54) is 17.9 Å². The quantitative estimate of drug-likeness (QED) is 0.468. The first-order valence-corrected chi connectivity index (χ1v) is 11.1. The second-order valence-electron chi connectivity index (χ2n) is 8.13. The van der Waals surface area contributed by atoms with Crippen LogP contribution in [0.2, 0.25) is 0 Å². The number of carbonyl (C=O) groups excluding carboxylic acids is 2. The molecule has 1 atom stereocenters. The fraction of sp³-hybridized carbons (Fsp3) is 0.280. The van der Waals surface area contributed by atoms with Crippen LogP contribution in [0.5, 0.6) is 0 Å². The summed E-state index contributed by atoms with van der Waals surface area (Å²) in [4.78, 5) is 36.7. The van der Waals surface area contributed by atoms with Crippen molar-refractivity contribution in [2.24, 2.45) is 7.05 Å². The molecule has 0 radical (unpaired) electrons. The van der Waals surface area contributed by atoms with E-state index in [2.05, 4.69) is 27.9 Å². The number of hydrogen-bond donors (Lipinski definition) is 3. The van der Waals surface area contributed by atoms with Crippen LogP contribution in [0.25, 0.3) is 11.1 Å². The van der Waals surface area contributed by atoms with E-state index in [0.29, 0.717) is 6.42 Å². The van der Waals surface area contributed by atoms with E-state index in [0.717, 1.165) is 22.3 Å². The van der Waals surface area contributed by atoms with Crippen LogP contribution in [0.1, 0.15) is 47.3 Å². The summed E-state index contributed by atoms with van der Waals surface area (Å²) in [7, 11) is 1.54. The SMILES string of the molecule is CCC[C@@H](NC(=O)c1c(NC(=O)OCC2c3ccccc3-c3ccccc32)cnn1C)C(=O)O. The van der Waals surface area contributed by atoms with Gasteiger partial charge in [0.2, 0.25) is 0 Å². The number of nitrogens with zero attached hydrogens (tertiary/aromatic N) is 2. The molecule has 0 spiro atoms. The fourth-order valence-corrected chi connectivity index (χ4v) is 4.32. The molecule has 176 valence electrons. The minimum atomic E-state index is -1.12. The maximum atomic E-state index is 12.7. The van der Waals surface area contributed by atoms with E-state index < -0.39 is 24.0 Å². The standard InChI is InChI=1S/C25H26N4O5/c1-3-8-20(24(31)32)27-23(30)22-21(13-26-29(22)2)28-25(33)34-14-19-17-11-6-4-9-15(17)16-10-5-7-12-18(16)19/h4-7,9-13,19-20H,3,8,14H2,1-2H3,(H,27,30)(H,28,33)(H,31,32)/t20-/m1/s1. The molecule has 34 heavy (non-hydrogen) atoms. The van der Waals surface area contributed by atoms with Crippen molar-refractivity contribution in [3.63, 3.8) is 0 Å². The number of rotatable bonds is 8. The molecule has 1 aliphatic rings. The number of ether oxygens (including phenoxy) is 1. The van der Waals surface area contributed by atoms with Crippen molar-refractivity contribution in [1.82, 2.24) is 15.1 Å². The maximum Gasteiger partial charge on any atom is 0.411 e. The minimum Gasteiger partial charge on any atom is -0.480 e. The number of benzene rings is 2. The second-order valence-corrected chi connectivity index (χ2v) is 8.13. The Hall–Kier alpha value is -4.14. The molecule has 1 aromatic heterocycles. The molecule has 1 heterocycles. The number of anilines is 1. The molecule has 9 nitrogen and oxygen atoms in total. The molecule has 3 N–H and O–H groups in total. The lowest BCUT2D eigenvalue weighted by molar-refractivity contribution is -0.139. The molecular formula is C25H26N4O5. The average Bonchev–Trinajstić information content (AvgIpc) is 3.34. The van der Waals surface area contributed by atoms with Crippen molar-refractivity contribution in [3.05, 3.63) is 71.5 Å². The first-order valence-electron chi connectivity index (χ1n) is 11.1. The molecule has 4 rings (SSSR count). The van der Waals surface area contributed by atoms with Crippen LogP contribution in [0.3, 0.4) is 0 Å². The summed E-state index contributed by atoms with van der Waals surface area (Å²) in [5.74, 6) is -1.86. The van der Waals surface area contributed by atoms with Crippen molar-refractivity contribution in [1.29, 1.82) is 0 Å². The lowest BCUT2D eigenvalue weighted by atomic mass is 9.98. The molecule has 0 bridgehead atoms. The zero-order valence-electron chi connectivity index (χ0n) is 18.9. The summed E-state index contributed by atoms with van der Waals surface area (Å²) in [6.45, 7) is 1.95. The van der Waals surface area contributed by atoms with Crippen LogP contribution in [-0.2, 0) is 16.6 Å². The Morgan fingerprint density at radius 2 is 1.71 bits per heavy atom. The number of aromatic nitrogens is 2. The van der Waals surface area contributed by atoms with Crippen molar-refractivity contribution >= 4 is 23.7 Å². The van der Waals surface area contributed by atoms with Gasteiger partial charge in [0.15, 0.2) is 0 Å². The van der Waals surface area contributed by atoms with Crippen LogP contribution < -0.4 is 10.6 Å².